The van der Waals surface area contributed by atoms with E-state index in [9.17, 15) is 14.4 Å². The molecule has 0 aromatic rings. The number of unbranched alkanes of at least 4 members (excludes halogenated alkanes) is 3. The molecule has 1 atom stereocenters. The molecular formula is C14H23NO4S. The fourth-order valence-electron chi connectivity index (χ4n) is 2.35. The lowest BCUT2D eigenvalue weighted by Crippen LogP contribution is -2.26. The smallest absolute Gasteiger partial charge is 0.303 e. The van der Waals surface area contributed by atoms with E-state index in [0.29, 0.717) is 18.8 Å². The number of carboxylic acids is 1. The van der Waals surface area contributed by atoms with Gasteiger partial charge in [-0.3, -0.25) is 14.4 Å². The third-order valence-electron chi connectivity index (χ3n) is 3.39. The molecule has 6 heteroatoms. The average Bonchev–Trinajstić information content (AvgIpc) is 2.71. The quantitative estimate of drug-likeness (QED) is 0.660. The highest BCUT2D eigenvalue weighted by Crippen LogP contribution is 2.22. The third kappa shape index (κ3) is 6.93. The highest BCUT2D eigenvalue weighted by molar-refractivity contribution is 8.13. The molecule has 0 aromatic heterocycles. The van der Waals surface area contributed by atoms with E-state index in [0.717, 1.165) is 38.1 Å². The van der Waals surface area contributed by atoms with Crippen LogP contribution in [0, 0.1) is 5.92 Å². The first-order valence-corrected chi connectivity index (χ1v) is 8.10. The van der Waals surface area contributed by atoms with E-state index in [4.69, 9.17) is 5.11 Å². The minimum absolute atomic E-state index is 0.106. The number of hydrogen-bond acceptors (Lipinski definition) is 4. The molecule has 114 valence electrons. The molecule has 0 spiro atoms. The molecule has 1 amide bonds. The molecule has 1 saturated heterocycles. The highest BCUT2D eigenvalue weighted by atomic mass is 32.2. The Balaban J connectivity index is 2.10. The molecule has 1 fully saturated rings. The lowest BCUT2D eigenvalue weighted by atomic mass is 10.1. The topological polar surface area (TPSA) is 74.7 Å². The van der Waals surface area contributed by atoms with E-state index in [-0.39, 0.29) is 17.4 Å². The zero-order valence-electron chi connectivity index (χ0n) is 12.0. The molecule has 1 N–H and O–H groups in total. The number of nitrogens with zero attached hydrogens (tertiary/aromatic N) is 1. The van der Waals surface area contributed by atoms with Crippen LogP contribution in [-0.2, 0) is 14.4 Å². The lowest BCUT2D eigenvalue weighted by Gasteiger charge is -2.16. The van der Waals surface area contributed by atoms with Crippen LogP contribution < -0.4 is 0 Å². The van der Waals surface area contributed by atoms with Crippen LogP contribution in [-0.4, -0.2) is 45.8 Å². The van der Waals surface area contributed by atoms with Gasteiger partial charge in [-0.2, -0.15) is 0 Å². The number of hydrogen-bond donors (Lipinski definition) is 1. The van der Waals surface area contributed by atoms with Crippen molar-refractivity contribution in [2.45, 2.75) is 45.4 Å². The van der Waals surface area contributed by atoms with Gasteiger partial charge in [-0.25, -0.2) is 0 Å². The second-order valence-corrected chi connectivity index (χ2v) is 6.47. The summed E-state index contributed by atoms with van der Waals surface area (Å²) in [6, 6.07) is 0. The van der Waals surface area contributed by atoms with Crippen molar-refractivity contribution in [3.63, 3.8) is 0 Å². The molecule has 0 aliphatic carbocycles. The summed E-state index contributed by atoms with van der Waals surface area (Å²) < 4.78 is 0. The molecule has 0 radical (unpaired) electrons. The second-order valence-electron chi connectivity index (χ2n) is 5.27. The summed E-state index contributed by atoms with van der Waals surface area (Å²) >= 11 is 1.30. The number of carboxylic acid groups (broad SMARTS) is 1. The first-order valence-electron chi connectivity index (χ1n) is 7.12. The van der Waals surface area contributed by atoms with Gasteiger partial charge in [-0.1, -0.05) is 24.6 Å². The molecule has 1 aliphatic rings. The summed E-state index contributed by atoms with van der Waals surface area (Å²) in [5.74, 6) is 0.467. The maximum atomic E-state index is 11.8. The summed E-state index contributed by atoms with van der Waals surface area (Å²) in [5.41, 5.74) is 0. The fourth-order valence-corrected chi connectivity index (χ4v) is 3.04. The summed E-state index contributed by atoms with van der Waals surface area (Å²) in [7, 11) is 0. The highest BCUT2D eigenvalue weighted by Gasteiger charge is 2.29. The van der Waals surface area contributed by atoms with Gasteiger partial charge in [0, 0.05) is 38.6 Å². The molecule has 0 aromatic carbocycles. The van der Waals surface area contributed by atoms with Crippen molar-refractivity contribution in [3.8, 4) is 0 Å². The Morgan fingerprint density at radius 1 is 1.30 bits per heavy atom. The van der Waals surface area contributed by atoms with Crippen molar-refractivity contribution in [3.05, 3.63) is 0 Å². The van der Waals surface area contributed by atoms with Gasteiger partial charge in [0.2, 0.25) is 5.91 Å². The van der Waals surface area contributed by atoms with Crippen molar-refractivity contribution in [2.24, 2.45) is 5.92 Å². The zero-order valence-corrected chi connectivity index (χ0v) is 12.8. The van der Waals surface area contributed by atoms with E-state index in [1.165, 1.54) is 11.8 Å². The van der Waals surface area contributed by atoms with E-state index in [1.807, 2.05) is 4.90 Å². The Morgan fingerprint density at radius 3 is 2.65 bits per heavy atom. The number of carbonyl (C=O) groups is 3. The van der Waals surface area contributed by atoms with Gasteiger partial charge in [-0.05, 0) is 18.8 Å². The molecule has 5 nitrogen and oxygen atoms in total. The fraction of sp³-hybridized carbons (Fsp3) is 0.786. The summed E-state index contributed by atoms with van der Waals surface area (Å²) in [6.45, 7) is 3.07. The first-order chi connectivity index (χ1) is 9.49. The predicted octanol–water partition coefficient (Wildman–Crippen LogP) is 2.15. The molecular weight excluding hydrogens is 278 g/mol. The van der Waals surface area contributed by atoms with Crippen molar-refractivity contribution in [2.75, 3.05) is 18.8 Å². The van der Waals surface area contributed by atoms with Crippen molar-refractivity contribution in [1.29, 1.82) is 0 Å². The Labute approximate surface area is 124 Å². The van der Waals surface area contributed by atoms with Gasteiger partial charge in [0.25, 0.3) is 0 Å². The number of thioether (sulfide) groups is 1. The minimum atomic E-state index is -0.745. The second kappa shape index (κ2) is 9.00. The van der Waals surface area contributed by atoms with Crippen LogP contribution in [0.5, 0.6) is 0 Å². The Bertz CT molecular complexity index is 359. The van der Waals surface area contributed by atoms with Crippen LogP contribution in [0.3, 0.4) is 0 Å². The van der Waals surface area contributed by atoms with Crippen LogP contribution in [0.2, 0.25) is 0 Å². The maximum Gasteiger partial charge on any atom is 0.303 e. The van der Waals surface area contributed by atoms with Crippen LogP contribution in [0.25, 0.3) is 0 Å². The van der Waals surface area contributed by atoms with Gasteiger partial charge in [-0.15, -0.1) is 0 Å². The standard InChI is InChI=1S/C14H23NO4S/c1-11(16)20-10-12-8-13(17)15(9-12)7-5-3-2-4-6-14(18)19/h12H,2-10H2,1H3,(H,18,19). The normalized spacial score (nSPS) is 18.6. The summed E-state index contributed by atoms with van der Waals surface area (Å²) in [5, 5.41) is 8.62. The molecule has 1 rings (SSSR count). The van der Waals surface area contributed by atoms with E-state index in [2.05, 4.69) is 0 Å². The lowest BCUT2D eigenvalue weighted by molar-refractivity contribution is -0.137. The average molecular weight is 301 g/mol. The number of rotatable bonds is 9. The maximum absolute atomic E-state index is 11.8. The number of aliphatic carboxylic acids is 1. The third-order valence-corrected chi connectivity index (χ3v) is 4.43. The van der Waals surface area contributed by atoms with Crippen LogP contribution in [0.4, 0.5) is 0 Å². The SMILES string of the molecule is CC(=O)SCC1CC(=O)N(CCCCCCC(=O)O)C1. The van der Waals surface area contributed by atoms with Crippen molar-refractivity contribution < 1.29 is 19.5 Å². The predicted molar refractivity (Wildman–Crippen MR) is 78.5 cm³/mol. The van der Waals surface area contributed by atoms with Crippen LogP contribution in [0.1, 0.15) is 45.4 Å². The van der Waals surface area contributed by atoms with Gasteiger partial charge >= 0.3 is 5.97 Å². The molecule has 0 bridgehead atoms. The number of carbonyl (C=O) groups excluding carboxylic acids is 2. The van der Waals surface area contributed by atoms with Crippen LogP contribution in [0.15, 0.2) is 0 Å². The molecule has 1 heterocycles. The van der Waals surface area contributed by atoms with Gasteiger partial charge < -0.3 is 10.0 Å². The monoisotopic (exact) mass is 301 g/mol. The Morgan fingerprint density at radius 2 is 2.00 bits per heavy atom. The minimum Gasteiger partial charge on any atom is -0.481 e. The Hall–Kier alpha value is -1.04. The first kappa shape index (κ1) is 17.0. The van der Waals surface area contributed by atoms with E-state index in [1.54, 1.807) is 6.92 Å². The van der Waals surface area contributed by atoms with Crippen LogP contribution >= 0.6 is 11.8 Å². The molecule has 0 saturated carbocycles. The molecule has 1 aliphatic heterocycles. The van der Waals surface area contributed by atoms with Gasteiger partial charge in [0.15, 0.2) is 5.12 Å². The van der Waals surface area contributed by atoms with Gasteiger partial charge in [0.05, 0.1) is 0 Å². The van der Waals surface area contributed by atoms with E-state index >= 15 is 0 Å². The molecule has 1 unspecified atom stereocenters. The summed E-state index contributed by atoms with van der Waals surface area (Å²) in [4.78, 5) is 34.9. The zero-order chi connectivity index (χ0) is 15.0. The van der Waals surface area contributed by atoms with Gasteiger partial charge in [0.1, 0.15) is 0 Å². The Kier molecular flexibility index (Phi) is 7.65. The van der Waals surface area contributed by atoms with E-state index < -0.39 is 5.97 Å². The largest absolute Gasteiger partial charge is 0.481 e. The number of likely N-dealkylation sites (tertiary alicyclic amines) is 1. The summed E-state index contributed by atoms with van der Waals surface area (Å²) in [6.07, 6.45) is 4.28. The number of amides is 1. The molecule has 20 heavy (non-hydrogen) atoms. The van der Waals surface area contributed by atoms with Crippen molar-refractivity contribution in [1.82, 2.24) is 4.90 Å². The van der Waals surface area contributed by atoms with Crippen molar-refractivity contribution >= 4 is 28.8 Å².